The molecule has 4 rings (SSSR count). The average Bonchev–Trinajstić information content (AvgIpc) is 3.01. The number of para-hydroxylation sites is 1. The maximum atomic E-state index is 12.6. The van der Waals surface area contributed by atoms with Crippen LogP contribution in [0.2, 0.25) is 0 Å². The minimum atomic E-state index is -0.623. The number of fused-ring (bicyclic) bond motifs is 1. The van der Waals surface area contributed by atoms with Gasteiger partial charge in [0.05, 0.1) is 16.7 Å². The highest BCUT2D eigenvalue weighted by Crippen LogP contribution is 2.15. The van der Waals surface area contributed by atoms with E-state index < -0.39 is 11.3 Å². The second-order valence-corrected chi connectivity index (χ2v) is 6.04. The molecule has 4 aromatic rings. The number of H-pyrrole nitrogens is 2. The van der Waals surface area contributed by atoms with E-state index >= 15 is 0 Å². The van der Waals surface area contributed by atoms with Crippen molar-refractivity contribution < 1.29 is 4.79 Å². The summed E-state index contributed by atoms with van der Waals surface area (Å²) in [5.41, 5.74) is 1.97. The highest BCUT2D eigenvalue weighted by Gasteiger charge is 2.16. The molecule has 0 radical (unpaired) electrons. The lowest BCUT2D eigenvalue weighted by Gasteiger charge is -2.11. The third kappa shape index (κ3) is 3.15. The second kappa shape index (κ2) is 6.41. The van der Waals surface area contributed by atoms with Gasteiger partial charge in [0.1, 0.15) is 0 Å². The van der Waals surface area contributed by atoms with Crippen LogP contribution in [0.5, 0.6) is 0 Å². The number of hydrogen-bond acceptors (Lipinski definition) is 4. The van der Waals surface area contributed by atoms with Gasteiger partial charge >= 0.3 is 5.69 Å². The number of nitrogens with one attached hydrogen (secondary N) is 3. The van der Waals surface area contributed by atoms with Gasteiger partial charge in [-0.3, -0.25) is 9.59 Å². The van der Waals surface area contributed by atoms with Crippen molar-refractivity contribution >= 4 is 22.6 Å². The van der Waals surface area contributed by atoms with Crippen LogP contribution in [0.3, 0.4) is 0 Å². The van der Waals surface area contributed by atoms with Gasteiger partial charge in [-0.15, -0.1) is 0 Å². The minimum absolute atomic E-state index is 0.216. The Morgan fingerprint density at radius 3 is 2.52 bits per heavy atom. The minimum Gasteiger partial charge on any atom is -0.320 e. The van der Waals surface area contributed by atoms with E-state index in [1.54, 1.807) is 29.8 Å². The Kier molecular flexibility index (Phi) is 3.92. The van der Waals surface area contributed by atoms with E-state index in [2.05, 4.69) is 20.4 Å². The van der Waals surface area contributed by atoms with Crippen LogP contribution >= 0.6 is 0 Å². The molecule has 0 saturated carbocycles. The largest absolute Gasteiger partial charge is 0.323 e. The van der Waals surface area contributed by atoms with Gasteiger partial charge in [0, 0.05) is 17.4 Å². The van der Waals surface area contributed by atoms with Gasteiger partial charge in [0.25, 0.3) is 5.91 Å². The molecule has 0 aliphatic rings. The fourth-order valence-corrected chi connectivity index (χ4v) is 2.84. The normalized spacial score (nSPS) is 10.9. The Hall–Kier alpha value is -3.94. The molecule has 2 aromatic heterocycles. The van der Waals surface area contributed by atoms with E-state index in [9.17, 15) is 14.4 Å². The van der Waals surface area contributed by atoms with E-state index in [4.69, 9.17) is 0 Å². The predicted octanol–water partition coefficient (Wildman–Crippen LogP) is 1.96. The van der Waals surface area contributed by atoms with Crippen molar-refractivity contribution in [2.24, 2.45) is 0 Å². The molecule has 134 valence electrons. The van der Waals surface area contributed by atoms with Gasteiger partial charge < -0.3 is 15.3 Å². The second-order valence-electron chi connectivity index (χ2n) is 6.04. The van der Waals surface area contributed by atoms with Gasteiger partial charge in [0.2, 0.25) is 5.43 Å². The van der Waals surface area contributed by atoms with Crippen molar-refractivity contribution in [2.45, 2.75) is 6.92 Å². The first-order valence-corrected chi connectivity index (χ1v) is 8.21. The SMILES string of the molecule is Cc1cc(=O)c(C(=O)Nc2ccc3[nH]c(=O)[nH]c3c2)nn1-c1ccccc1. The molecule has 27 heavy (non-hydrogen) atoms. The summed E-state index contributed by atoms with van der Waals surface area (Å²) in [5, 5.41) is 6.88. The fraction of sp³-hybridized carbons (Fsp3) is 0.0526. The number of carbonyl (C=O) groups excluding carboxylic acids is 1. The lowest BCUT2D eigenvalue weighted by molar-refractivity contribution is 0.101. The zero-order valence-electron chi connectivity index (χ0n) is 14.3. The van der Waals surface area contributed by atoms with Gasteiger partial charge in [-0.2, -0.15) is 5.10 Å². The van der Waals surface area contributed by atoms with Crippen LogP contribution in [0.4, 0.5) is 5.69 Å². The Labute approximate surface area is 152 Å². The monoisotopic (exact) mass is 361 g/mol. The van der Waals surface area contributed by atoms with Crippen molar-refractivity contribution in [3.8, 4) is 5.69 Å². The Balaban J connectivity index is 1.70. The summed E-state index contributed by atoms with van der Waals surface area (Å²) in [6.07, 6.45) is 0. The molecular formula is C19H15N5O3. The highest BCUT2D eigenvalue weighted by atomic mass is 16.2. The Bertz CT molecular complexity index is 1270. The third-order valence-electron chi connectivity index (χ3n) is 4.10. The van der Waals surface area contributed by atoms with Crippen LogP contribution in [0.25, 0.3) is 16.7 Å². The average molecular weight is 361 g/mol. The third-order valence-corrected chi connectivity index (χ3v) is 4.10. The molecule has 8 nitrogen and oxygen atoms in total. The predicted molar refractivity (Wildman–Crippen MR) is 101 cm³/mol. The molecule has 0 unspecified atom stereocenters. The summed E-state index contributed by atoms with van der Waals surface area (Å²) >= 11 is 0. The van der Waals surface area contributed by atoms with Crippen LogP contribution < -0.4 is 16.4 Å². The van der Waals surface area contributed by atoms with E-state index in [1.807, 2.05) is 30.3 Å². The molecule has 0 saturated heterocycles. The maximum Gasteiger partial charge on any atom is 0.323 e. The molecule has 2 heterocycles. The lowest BCUT2D eigenvalue weighted by atomic mass is 10.2. The topological polar surface area (TPSA) is 113 Å². The van der Waals surface area contributed by atoms with Crippen LogP contribution in [-0.4, -0.2) is 25.7 Å². The Morgan fingerprint density at radius 1 is 1.00 bits per heavy atom. The summed E-state index contributed by atoms with van der Waals surface area (Å²) in [7, 11) is 0. The summed E-state index contributed by atoms with van der Waals surface area (Å²) in [4.78, 5) is 41.5. The molecule has 8 heteroatoms. The number of aromatic amines is 2. The van der Waals surface area contributed by atoms with Gasteiger partial charge in [-0.1, -0.05) is 18.2 Å². The molecular weight excluding hydrogens is 346 g/mol. The zero-order chi connectivity index (χ0) is 19.0. The van der Waals surface area contributed by atoms with Crippen molar-refractivity contribution in [1.29, 1.82) is 0 Å². The first kappa shape index (κ1) is 16.5. The zero-order valence-corrected chi connectivity index (χ0v) is 14.3. The van der Waals surface area contributed by atoms with Crippen LogP contribution in [0, 0.1) is 6.92 Å². The van der Waals surface area contributed by atoms with E-state index in [0.29, 0.717) is 22.4 Å². The molecule has 0 bridgehead atoms. The maximum absolute atomic E-state index is 12.6. The molecule has 3 N–H and O–H groups in total. The number of benzene rings is 2. The summed E-state index contributed by atoms with van der Waals surface area (Å²) in [5.74, 6) is -0.623. The molecule has 0 aliphatic heterocycles. The first-order valence-electron chi connectivity index (χ1n) is 8.21. The molecule has 0 atom stereocenters. The van der Waals surface area contributed by atoms with E-state index in [0.717, 1.165) is 5.69 Å². The lowest BCUT2D eigenvalue weighted by Crippen LogP contribution is -2.26. The quantitative estimate of drug-likeness (QED) is 0.518. The molecule has 0 aliphatic carbocycles. The van der Waals surface area contributed by atoms with Gasteiger partial charge in [-0.25, -0.2) is 9.48 Å². The number of carbonyl (C=O) groups is 1. The molecule has 0 spiro atoms. The van der Waals surface area contributed by atoms with Crippen molar-refractivity contribution in [3.05, 3.63) is 86.7 Å². The molecule has 1 amide bonds. The van der Waals surface area contributed by atoms with Crippen molar-refractivity contribution in [1.82, 2.24) is 19.7 Å². The van der Waals surface area contributed by atoms with Crippen LogP contribution in [0.15, 0.2) is 64.2 Å². The number of aromatic nitrogens is 4. The smallest absolute Gasteiger partial charge is 0.320 e. The number of imidazole rings is 1. The number of amides is 1. The van der Waals surface area contributed by atoms with E-state index in [-0.39, 0.29) is 11.4 Å². The van der Waals surface area contributed by atoms with Gasteiger partial charge in [0.15, 0.2) is 5.69 Å². The highest BCUT2D eigenvalue weighted by molar-refractivity contribution is 6.03. The van der Waals surface area contributed by atoms with E-state index in [1.165, 1.54) is 6.07 Å². The van der Waals surface area contributed by atoms with Gasteiger partial charge in [-0.05, 0) is 37.3 Å². The molecule has 2 aromatic carbocycles. The van der Waals surface area contributed by atoms with Crippen molar-refractivity contribution in [3.63, 3.8) is 0 Å². The summed E-state index contributed by atoms with van der Waals surface area (Å²) in [6, 6.07) is 15.5. The van der Waals surface area contributed by atoms with Crippen LogP contribution in [-0.2, 0) is 0 Å². The number of nitrogens with zero attached hydrogens (tertiary/aromatic N) is 2. The number of rotatable bonds is 3. The number of anilines is 1. The number of aryl methyl sites for hydroxylation is 1. The number of hydrogen-bond donors (Lipinski definition) is 3. The Morgan fingerprint density at radius 2 is 1.74 bits per heavy atom. The molecule has 0 fully saturated rings. The fourth-order valence-electron chi connectivity index (χ4n) is 2.84. The summed E-state index contributed by atoms with van der Waals surface area (Å²) < 4.78 is 1.54. The first-order chi connectivity index (χ1) is 13.0. The van der Waals surface area contributed by atoms with Crippen molar-refractivity contribution in [2.75, 3.05) is 5.32 Å². The summed E-state index contributed by atoms with van der Waals surface area (Å²) in [6.45, 7) is 1.75. The van der Waals surface area contributed by atoms with Crippen LogP contribution in [0.1, 0.15) is 16.2 Å². The standard InChI is InChI=1S/C19H15N5O3/c1-11-9-16(25)17(23-24(11)13-5-3-2-4-6-13)18(26)20-12-7-8-14-15(10-12)22-19(27)21-14/h2-10H,1H3,(H,20,26)(H2,21,22,27).